The number of nitrogens with one attached hydrogen (secondary N) is 1. The van der Waals surface area contributed by atoms with Gasteiger partial charge in [-0.15, -0.1) is 11.3 Å². The maximum Gasteiger partial charge on any atom is 0.244 e. The molecule has 5 nitrogen and oxygen atoms in total. The summed E-state index contributed by atoms with van der Waals surface area (Å²) in [6.45, 7) is 4.19. The maximum atomic E-state index is 12.8. The van der Waals surface area contributed by atoms with Crippen LogP contribution in [0.3, 0.4) is 0 Å². The SMILES string of the molecule is Cc1cccc(C)c1NC(=O)Cn1c(-c2cncs2)nc2ccccc21. The number of hydrogen-bond donors (Lipinski definition) is 1. The van der Waals surface area contributed by atoms with Gasteiger partial charge in [0.25, 0.3) is 0 Å². The molecule has 0 aliphatic heterocycles. The van der Waals surface area contributed by atoms with Crippen molar-refractivity contribution in [3.05, 3.63) is 65.3 Å². The first-order chi connectivity index (χ1) is 12.6. The monoisotopic (exact) mass is 362 g/mol. The Balaban J connectivity index is 1.70. The molecule has 0 atom stereocenters. The average molecular weight is 362 g/mol. The van der Waals surface area contributed by atoms with Gasteiger partial charge in [0.15, 0.2) is 5.82 Å². The maximum absolute atomic E-state index is 12.8. The molecule has 0 bridgehead atoms. The number of fused-ring (bicyclic) bond motifs is 1. The van der Waals surface area contributed by atoms with Crippen LogP contribution in [0.1, 0.15) is 11.1 Å². The topological polar surface area (TPSA) is 59.8 Å². The Morgan fingerprint density at radius 1 is 1.12 bits per heavy atom. The van der Waals surface area contributed by atoms with Crippen molar-refractivity contribution in [2.75, 3.05) is 5.32 Å². The molecule has 0 saturated carbocycles. The first kappa shape index (κ1) is 16.5. The van der Waals surface area contributed by atoms with Gasteiger partial charge in [-0.25, -0.2) is 4.98 Å². The normalized spacial score (nSPS) is 11.0. The van der Waals surface area contributed by atoms with Crippen molar-refractivity contribution in [1.82, 2.24) is 14.5 Å². The lowest BCUT2D eigenvalue weighted by Crippen LogP contribution is -2.20. The molecule has 0 fully saturated rings. The third kappa shape index (κ3) is 2.99. The number of aryl methyl sites for hydroxylation is 2. The second-order valence-corrected chi connectivity index (χ2v) is 7.08. The summed E-state index contributed by atoms with van der Waals surface area (Å²) >= 11 is 1.52. The van der Waals surface area contributed by atoms with Crippen molar-refractivity contribution in [3.63, 3.8) is 0 Å². The Kier molecular flexibility index (Phi) is 4.26. The molecule has 1 amide bonds. The number of carbonyl (C=O) groups is 1. The lowest BCUT2D eigenvalue weighted by atomic mass is 10.1. The summed E-state index contributed by atoms with van der Waals surface area (Å²) in [5.41, 5.74) is 6.56. The molecule has 0 aliphatic rings. The highest BCUT2D eigenvalue weighted by atomic mass is 32.1. The average Bonchev–Trinajstić information content (AvgIpc) is 3.27. The van der Waals surface area contributed by atoms with E-state index in [9.17, 15) is 4.79 Å². The van der Waals surface area contributed by atoms with E-state index in [1.807, 2.05) is 60.9 Å². The molecule has 4 aromatic rings. The van der Waals surface area contributed by atoms with Gasteiger partial charge in [0.05, 0.1) is 21.4 Å². The zero-order valence-electron chi connectivity index (χ0n) is 14.6. The Morgan fingerprint density at radius 3 is 2.62 bits per heavy atom. The minimum absolute atomic E-state index is 0.0729. The van der Waals surface area contributed by atoms with Crippen molar-refractivity contribution < 1.29 is 4.79 Å². The second kappa shape index (κ2) is 6.72. The fourth-order valence-corrected chi connectivity index (χ4v) is 3.70. The molecule has 2 heterocycles. The lowest BCUT2D eigenvalue weighted by molar-refractivity contribution is -0.116. The van der Waals surface area contributed by atoms with Gasteiger partial charge in [-0.05, 0) is 37.1 Å². The standard InChI is InChI=1S/C20H18N4OS/c1-13-6-5-7-14(2)19(13)23-18(25)11-24-16-9-4-3-8-15(16)22-20(24)17-10-21-12-26-17/h3-10,12H,11H2,1-2H3,(H,23,25). The summed E-state index contributed by atoms with van der Waals surface area (Å²) in [6, 6.07) is 13.8. The Bertz CT molecular complexity index is 1060. The second-order valence-electron chi connectivity index (χ2n) is 6.19. The van der Waals surface area contributed by atoms with E-state index >= 15 is 0 Å². The van der Waals surface area contributed by atoms with Crippen molar-refractivity contribution in [2.45, 2.75) is 20.4 Å². The van der Waals surface area contributed by atoms with E-state index in [0.717, 1.165) is 38.5 Å². The quantitative estimate of drug-likeness (QED) is 0.585. The Hall–Kier alpha value is -2.99. The van der Waals surface area contributed by atoms with E-state index < -0.39 is 0 Å². The third-order valence-corrected chi connectivity index (χ3v) is 5.12. The highest BCUT2D eigenvalue weighted by molar-refractivity contribution is 7.13. The van der Waals surface area contributed by atoms with Crippen LogP contribution in [0.5, 0.6) is 0 Å². The van der Waals surface area contributed by atoms with Crippen LogP contribution in [-0.4, -0.2) is 20.4 Å². The molecule has 4 rings (SSSR count). The summed E-state index contributed by atoms with van der Waals surface area (Å²) in [5.74, 6) is 0.696. The number of benzene rings is 2. The molecule has 0 aliphatic carbocycles. The molecule has 2 aromatic carbocycles. The largest absolute Gasteiger partial charge is 0.324 e. The number of thiazole rings is 1. The molecular formula is C20H18N4OS. The minimum Gasteiger partial charge on any atom is -0.324 e. The van der Waals surface area contributed by atoms with E-state index in [1.165, 1.54) is 11.3 Å². The van der Waals surface area contributed by atoms with E-state index in [0.29, 0.717) is 0 Å². The minimum atomic E-state index is -0.0729. The van der Waals surface area contributed by atoms with Crippen LogP contribution in [0.15, 0.2) is 54.2 Å². The zero-order valence-corrected chi connectivity index (χ0v) is 15.4. The van der Waals surface area contributed by atoms with Crippen LogP contribution >= 0.6 is 11.3 Å². The fraction of sp³-hybridized carbons (Fsp3) is 0.150. The van der Waals surface area contributed by atoms with Gasteiger partial charge < -0.3 is 9.88 Å². The molecule has 1 N–H and O–H groups in total. The predicted molar refractivity (Wildman–Crippen MR) is 105 cm³/mol. The van der Waals surface area contributed by atoms with E-state index in [1.54, 1.807) is 11.7 Å². The van der Waals surface area contributed by atoms with Crippen LogP contribution in [0.25, 0.3) is 21.7 Å². The molecule has 2 aromatic heterocycles. The summed E-state index contributed by atoms with van der Waals surface area (Å²) in [5, 5.41) is 3.05. The smallest absolute Gasteiger partial charge is 0.244 e. The van der Waals surface area contributed by atoms with Crippen LogP contribution < -0.4 is 5.32 Å². The summed E-state index contributed by atoms with van der Waals surface area (Å²) in [6.07, 6.45) is 1.78. The van der Waals surface area contributed by atoms with Gasteiger partial charge in [-0.3, -0.25) is 9.78 Å². The van der Waals surface area contributed by atoms with Gasteiger partial charge in [0.2, 0.25) is 5.91 Å². The van der Waals surface area contributed by atoms with Crippen molar-refractivity contribution >= 4 is 34.0 Å². The van der Waals surface area contributed by atoms with Crippen molar-refractivity contribution in [1.29, 1.82) is 0 Å². The highest BCUT2D eigenvalue weighted by Crippen LogP contribution is 2.27. The molecule has 0 unspecified atom stereocenters. The van der Waals surface area contributed by atoms with Crippen molar-refractivity contribution in [2.24, 2.45) is 0 Å². The molecule has 0 saturated heterocycles. The predicted octanol–water partition coefficient (Wildman–Crippen LogP) is 4.42. The summed E-state index contributed by atoms with van der Waals surface area (Å²) in [4.78, 5) is 22.6. The fourth-order valence-electron chi connectivity index (χ4n) is 3.08. The molecule has 0 radical (unpaired) electrons. The third-order valence-electron chi connectivity index (χ3n) is 4.35. The van der Waals surface area contributed by atoms with E-state index in [2.05, 4.69) is 10.3 Å². The molecular weight excluding hydrogens is 344 g/mol. The van der Waals surface area contributed by atoms with E-state index in [-0.39, 0.29) is 12.5 Å². The van der Waals surface area contributed by atoms with Crippen molar-refractivity contribution in [3.8, 4) is 10.7 Å². The van der Waals surface area contributed by atoms with Crippen LogP contribution in [0.4, 0.5) is 5.69 Å². The number of amides is 1. The summed E-state index contributed by atoms with van der Waals surface area (Å²) in [7, 11) is 0. The van der Waals surface area contributed by atoms with Crippen LogP contribution in [0.2, 0.25) is 0 Å². The Labute approximate surface area is 155 Å². The van der Waals surface area contributed by atoms with Gasteiger partial charge in [0.1, 0.15) is 6.54 Å². The van der Waals surface area contributed by atoms with Gasteiger partial charge in [-0.1, -0.05) is 30.3 Å². The van der Waals surface area contributed by atoms with Gasteiger partial charge in [-0.2, -0.15) is 0 Å². The van der Waals surface area contributed by atoms with Gasteiger partial charge >= 0.3 is 0 Å². The number of nitrogens with zero attached hydrogens (tertiary/aromatic N) is 3. The van der Waals surface area contributed by atoms with Gasteiger partial charge in [0, 0.05) is 11.9 Å². The first-order valence-corrected chi connectivity index (χ1v) is 9.21. The molecule has 26 heavy (non-hydrogen) atoms. The number of imidazole rings is 1. The molecule has 130 valence electrons. The number of carbonyl (C=O) groups excluding carboxylic acids is 1. The number of aromatic nitrogens is 3. The zero-order chi connectivity index (χ0) is 18.1. The lowest BCUT2D eigenvalue weighted by Gasteiger charge is -2.13. The summed E-state index contributed by atoms with van der Waals surface area (Å²) < 4.78 is 1.95. The number of para-hydroxylation sites is 3. The number of hydrogen-bond acceptors (Lipinski definition) is 4. The van der Waals surface area contributed by atoms with E-state index in [4.69, 9.17) is 4.98 Å². The highest BCUT2D eigenvalue weighted by Gasteiger charge is 2.17. The number of rotatable bonds is 4. The Morgan fingerprint density at radius 2 is 1.88 bits per heavy atom. The number of anilines is 1. The molecule has 6 heteroatoms. The van der Waals surface area contributed by atoms with Crippen LogP contribution in [-0.2, 0) is 11.3 Å². The van der Waals surface area contributed by atoms with Crippen LogP contribution in [0, 0.1) is 13.8 Å². The molecule has 0 spiro atoms. The first-order valence-electron chi connectivity index (χ1n) is 8.33.